The molecule has 0 spiro atoms. The van der Waals surface area contributed by atoms with Crippen LogP contribution in [0.15, 0.2) is 58.4 Å². The molecule has 3 rings (SSSR count). The lowest BCUT2D eigenvalue weighted by molar-refractivity contribution is -0.123. The van der Waals surface area contributed by atoms with Gasteiger partial charge < -0.3 is 9.84 Å². The highest BCUT2D eigenvalue weighted by molar-refractivity contribution is 7.11. The van der Waals surface area contributed by atoms with Crippen molar-refractivity contribution in [2.24, 2.45) is 5.10 Å². The van der Waals surface area contributed by atoms with Crippen molar-refractivity contribution in [3.63, 3.8) is 0 Å². The molecule has 160 valence electrons. The molecule has 0 saturated carbocycles. The number of thiazole rings is 1. The Morgan fingerprint density at radius 1 is 1.26 bits per heavy atom. The number of benzene rings is 2. The summed E-state index contributed by atoms with van der Waals surface area (Å²) in [5.74, 6) is -0.948. The smallest absolute Gasteiger partial charge is 0.335 e. The van der Waals surface area contributed by atoms with E-state index < -0.39 is 11.9 Å². The molecule has 0 atom stereocenters. The van der Waals surface area contributed by atoms with Gasteiger partial charge in [-0.25, -0.2) is 10.2 Å². The minimum Gasteiger partial charge on any atom is -0.484 e. The maximum atomic E-state index is 12.3. The number of hydrogen-bond acceptors (Lipinski definition) is 6. The normalized spacial score (nSPS) is 10.9. The average Bonchev–Trinajstić information content (AvgIpc) is 3.00. The standard InChI is InChI=1S/C21H18ClN3O5S/c1-13-4-2-7-16(8-13)30-12-18(26)24-23-10-17-19(22)25(21(29)31-17)11-14-5-3-6-15(9-14)20(27)28/h2-10H,11-12H2,1H3,(H,24,26)(H,27,28)/b23-10+. The van der Waals surface area contributed by atoms with Gasteiger partial charge in [-0.3, -0.25) is 14.2 Å². The highest BCUT2D eigenvalue weighted by atomic mass is 35.5. The molecule has 0 saturated heterocycles. The fraction of sp³-hybridized carbons (Fsp3) is 0.143. The molecule has 10 heteroatoms. The van der Waals surface area contributed by atoms with E-state index in [1.54, 1.807) is 18.2 Å². The third-order valence-electron chi connectivity index (χ3n) is 4.10. The summed E-state index contributed by atoms with van der Waals surface area (Å²) in [7, 11) is 0. The molecule has 8 nitrogen and oxygen atoms in total. The molecule has 0 aliphatic rings. The zero-order chi connectivity index (χ0) is 22.4. The fourth-order valence-electron chi connectivity index (χ4n) is 2.65. The van der Waals surface area contributed by atoms with Crippen LogP contribution in [0.4, 0.5) is 0 Å². The van der Waals surface area contributed by atoms with Gasteiger partial charge >= 0.3 is 10.8 Å². The molecule has 0 aliphatic carbocycles. The summed E-state index contributed by atoms with van der Waals surface area (Å²) in [5, 5.41) is 13.1. The highest BCUT2D eigenvalue weighted by Crippen LogP contribution is 2.19. The van der Waals surface area contributed by atoms with Crippen molar-refractivity contribution in [3.05, 3.63) is 84.9 Å². The summed E-state index contributed by atoms with van der Waals surface area (Å²) < 4.78 is 6.69. The third-order valence-corrected chi connectivity index (χ3v) is 5.54. The molecule has 0 bridgehead atoms. The van der Waals surface area contributed by atoms with Crippen LogP contribution in [0.25, 0.3) is 0 Å². The lowest BCUT2D eigenvalue weighted by Crippen LogP contribution is -2.24. The van der Waals surface area contributed by atoms with Gasteiger partial charge in [0.2, 0.25) is 0 Å². The first-order chi connectivity index (χ1) is 14.8. The van der Waals surface area contributed by atoms with Crippen LogP contribution in [-0.4, -0.2) is 34.4 Å². The number of nitrogens with one attached hydrogen (secondary N) is 1. The van der Waals surface area contributed by atoms with Gasteiger partial charge in [0, 0.05) is 0 Å². The van der Waals surface area contributed by atoms with Crippen LogP contribution in [0.1, 0.15) is 26.4 Å². The Hall–Kier alpha value is -3.43. The summed E-state index contributed by atoms with van der Waals surface area (Å²) in [6, 6.07) is 13.5. The Morgan fingerprint density at radius 3 is 2.77 bits per heavy atom. The number of amides is 1. The van der Waals surface area contributed by atoms with E-state index in [-0.39, 0.29) is 28.7 Å². The Balaban J connectivity index is 1.61. The van der Waals surface area contributed by atoms with E-state index in [1.165, 1.54) is 22.9 Å². The van der Waals surface area contributed by atoms with Crippen LogP contribution in [0.2, 0.25) is 5.15 Å². The second-order valence-corrected chi connectivity index (χ2v) is 7.86. The van der Waals surface area contributed by atoms with E-state index in [9.17, 15) is 14.4 Å². The molecule has 1 aromatic heterocycles. The van der Waals surface area contributed by atoms with Gasteiger partial charge in [-0.1, -0.05) is 47.2 Å². The van der Waals surface area contributed by atoms with Crippen LogP contribution in [-0.2, 0) is 11.3 Å². The summed E-state index contributed by atoms with van der Waals surface area (Å²) in [4.78, 5) is 35.3. The van der Waals surface area contributed by atoms with E-state index in [1.807, 2.05) is 25.1 Å². The summed E-state index contributed by atoms with van der Waals surface area (Å²) in [5.41, 5.74) is 4.07. The van der Waals surface area contributed by atoms with Crippen molar-refractivity contribution in [1.82, 2.24) is 9.99 Å². The number of hydrazone groups is 1. The number of carbonyl (C=O) groups excluding carboxylic acids is 1. The largest absolute Gasteiger partial charge is 0.484 e. The summed E-state index contributed by atoms with van der Waals surface area (Å²) in [6.45, 7) is 1.81. The van der Waals surface area contributed by atoms with Gasteiger partial charge in [0.15, 0.2) is 6.61 Å². The fourth-order valence-corrected chi connectivity index (χ4v) is 3.76. The summed E-state index contributed by atoms with van der Waals surface area (Å²) >= 11 is 7.14. The van der Waals surface area contributed by atoms with Crippen LogP contribution in [0.3, 0.4) is 0 Å². The molecular formula is C21H18ClN3O5S. The minimum absolute atomic E-state index is 0.111. The predicted molar refractivity (Wildman–Crippen MR) is 119 cm³/mol. The molecular weight excluding hydrogens is 442 g/mol. The highest BCUT2D eigenvalue weighted by Gasteiger charge is 2.13. The molecule has 0 aliphatic heterocycles. The van der Waals surface area contributed by atoms with Gasteiger partial charge in [0.25, 0.3) is 5.91 Å². The third kappa shape index (κ3) is 6.03. The monoisotopic (exact) mass is 459 g/mol. The van der Waals surface area contributed by atoms with Crippen LogP contribution in [0, 0.1) is 6.92 Å². The Labute approximate surface area is 186 Å². The van der Waals surface area contributed by atoms with Crippen LogP contribution in [0.5, 0.6) is 5.75 Å². The van der Waals surface area contributed by atoms with E-state index >= 15 is 0 Å². The van der Waals surface area contributed by atoms with Crippen molar-refractivity contribution < 1.29 is 19.4 Å². The average molecular weight is 460 g/mol. The van der Waals surface area contributed by atoms with Crippen molar-refractivity contribution >= 4 is 41.0 Å². The van der Waals surface area contributed by atoms with Crippen molar-refractivity contribution in [2.75, 3.05) is 6.61 Å². The zero-order valence-electron chi connectivity index (χ0n) is 16.4. The molecule has 1 amide bonds. The number of aromatic nitrogens is 1. The van der Waals surface area contributed by atoms with E-state index in [0.717, 1.165) is 16.9 Å². The molecule has 1 heterocycles. The molecule has 0 radical (unpaired) electrons. The number of halogens is 1. The number of carbonyl (C=O) groups is 2. The maximum Gasteiger partial charge on any atom is 0.335 e. The molecule has 0 fully saturated rings. The molecule has 31 heavy (non-hydrogen) atoms. The Morgan fingerprint density at radius 2 is 2.03 bits per heavy atom. The van der Waals surface area contributed by atoms with E-state index in [4.69, 9.17) is 21.4 Å². The molecule has 0 unspecified atom stereocenters. The number of carboxylic acid groups (broad SMARTS) is 1. The molecule has 2 aromatic carbocycles. The first-order valence-corrected chi connectivity index (χ1v) is 10.3. The zero-order valence-corrected chi connectivity index (χ0v) is 17.9. The number of aryl methyl sites for hydroxylation is 1. The Bertz CT molecular complexity index is 1200. The predicted octanol–water partition coefficient (Wildman–Crippen LogP) is 3.15. The number of carboxylic acids is 1. The number of aromatic carboxylic acids is 1. The number of nitrogens with zero attached hydrogens (tertiary/aromatic N) is 2. The first kappa shape index (κ1) is 22.3. The van der Waals surface area contributed by atoms with Crippen molar-refractivity contribution in [3.8, 4) is 5.75 Å². The summed E-state index contributed by atoms with van der Waals surface area (Å²) in [6.07, 6.45) is 1.28. The SMILES string of the molecule is Cc1cccc(OCC(=O)N/N=C/c2sc(=O)n(Cc3cccc(C(=O)O)c3)c2Cl)c1. The van der Waals surface area contributed by atoms with Gasteiger partial charge in [-0.05, 0) is 42.3 Å². The number of hydrogen-bond donors (Lipinski definition) is 2. The lowest BCUT2D eigenvalue weighted by Gasteiger charge is -2.05. The van der Waals surface area contributed by atoms with Crippen molar-refractivity contribution in [2.45, 2.75) is 13.5 Å². The van der Waals surface area contributed by atoms with Crippen molar-refractivity contribution in [1.29, 1.82) is 0 Å². The van der Waals surface area contributed by atoms with Gasteiger partial charge in [0.05, 0.1) is 23.2 Å². The molecule has 2 N–H and O–H groups in total. The quantitative estimate of drug-likeness (QED) is 0.397. The van der Waals surface area contributed by atoms with Gasteiger partial charge in [0.1, 0.15) is 10.9 Å². The Kier molecular flexibility index (Phi) is 7.22. The number of ether oxygens (including phenoxy) is 1. The van der Waals surface area contributed by atoms with Gasteiger partial charge in [-0.15, -0.1) is 0 Å². The minimum atomic E-state index is -1.06. The van der Waals surface area contributed by atoms with E-state index in [0.29, 0.717) is 16.2 Å². The lowest BCUT2D eigenvalue weighted by atomic mass is 10.1. The van der Waals surface area contributed by atoms with Crippen LogP contribution >= 0.6 is 22.9 Å². The molecule has 3 aromatic rings. The number of rotatable bonds is 8. The first-order valence-electron chi connectivity index (χ1n) is 9.06. The maximum absolute atomic E-state index is 12.3. The second kappa shape index (κ2) is 10.1. The van der Waals surface area contributed by atoms with E-state index in [2.05, 4.69) is 10.5 Å². The van der Waals surface area contributed by atoms with Gasteiger partial charge in [-0.2, -0.15) is 5.10 Å². The topological polar surface area (TPSA) is 110 Å². The second-order valence-electron chi connectivity index (χ2n) is 6.51. The van der Waals surface area contributed by atoms with Crippen LogP contribution < -0.4 is 15.0 Å².